The molecule has 34 heavy (non-hydrogen) atoms. The molecular formula is C29H31NO4. The number of rotatable bonds is 7. The van der Waals surface area contributed by atoms with Crippen LogP contribution in [0.4, 0.5) is 4.79 Å². The summed E-state index contributed by atoms with van der Waals surface area (Å²) in [5.41, 5.74) is 5.06. The van der Waals surface area contributed by atoms with E-state index < -0.39 is 23.7 Å². The number of amides is 1. The number of ether oxygens (including phenoxy) is 2. The predicted octanol–water partition coefficient (Wildman–Crippen LogP) is 5.87. The van der Waals surface area contributed by atoms with Crippen LogP contribution in [0.25, 0.3) is 11.1 Å². The van der Waals surface area contributed by atoms with Gasteiger partial charge in [0.25, 0.3) is 0 Å². The lowest BCUT2D eigenvalue weighted by molar-refractivity contribution is -0.157. The standard InChI is InChI=1S/C29H31NO4/c1-29(2,3)34-27(31)26(18-17-20-11-5-4-6-12-20)30-28(32)33-19-25-23-15-9-7-13-21(23)22-14-8-10-16-24(22)25/h4-16,25-26H,17-19H2,1-3H3,(H,30,32)/t26-/m0/s1. The van der Waals surface area contributed by atoms with Crippen molar-refractivity contribution < 1.29 is 19.1 Å². The van der Waals surface area contributed by atoms with E-state index in [0.717, 1.165) is 16.7 Å². The van der Waals surface area contributed by atoms with Crippen molar-refractivity contribution in [2.24, 2.45) is 0 Å². The zero-order valence-electron chi connectivity index (χ0n) is 19.9. The molecular weight excluding hydrogens is 426 g/mol. The second-order valence-corrected chi connectivity index (χ2v) is 9.58. The van der Waals surface area contributed by atoms with E-state index in [1.54, 1.807) is 0 Å². The van der Waals surface area contributed by atoms with Crippen LogP contribution in [0.2, 0.25) is 0 Å². The van der Waals surface area contributed by atoms with E-state index >= 15 is 0 Å². The summed E-state index contributed by atoms with van der Waals surface area (Å²) >= 11 is 0. The fourth-order valence-electron chi connectivity index (χ4n) is 4.36. The van der Waals surface area contributed by atoms with Gasteiger partial charge in [0.2, 0.25) is 0 Å². The molecule has 5 nitrogen and oxygen atoms in total. The van der Waals surface area contributed by atoms with Crippen LogP contribution in [0.5, 0.6) is 0 Å². The Morgan fingerprint density at radius 2 is 1.41 bits per heavy atom. The maximum atomic E-state index is 12.8. The lowest BCUT2D eigenvalue weighted by Crippen LogP contribution is -2.45. The van der Waals surface area contributed by atoms with E-state index in [4.69, 9.17) is 9.47 Å². The molecule has 0 radical (unpaired) electrons. The van der Waals surface area contributed by atoms with Crippen LogP contribution >= 0.6 is 0 Å². The molecule has 0 unspecified atom stereocenters. The van der Waals surface area contributed by atoms with Crippen molar-refractivity contribution in [3.8, 4) is 11.1 Å². The summed E-state index contributed by atoms with van der Waals surface area (Å²) in [6, 6.07) is 25.4. The molecule has 0 bridgehead atoms. The highest BCUT2D eigenvalue weighted by atomic mass is 16.6. The lowest BCUT2D eigenvalue weighted by Gasteiger charge is -2.24. The zero-order valence-corrected chi connectivity index (χ0v) is 19.9. The van der Waals surface area contributed by atoms with Gasteiger partial charge in [-0.25, -0.2) is 9.59 Å². The molecule has 0 saturated heterocycles. The van der Waals surface area contributed by atoms with Gasteiger partial charge in [0.05, 0.1) is 0 Å². The first kappa shape index (κ1) is 23.6. The van der Waals surface area contributed by atoms with Gasteiger partial charge < -0.3 is 14.8 Å². The Morgan fingerprint density at radius 1 is 0.853 bits per heavy atom. The van der Waals surface area contributed by atoms with Crippen LogP contribution in [0.3, 0.4) is 0 Å². The highest BCUT2D eigenvalue weighted by molar-refractivity contribution is 5.82. The Balaban J connectivity index is 1.43. The molecule has 1 aliphatic carbocycles. The highest BCUT2D eigenvalue weighted by Crippen LogP contribution is 2.44. The second kappa shape index (κ2) is 10.1. The molecule has 176 valence electrons. The van der Waals surface area contributed by atoms with Crippen molar-refractivity contribution in [3.05, 3.63) is 95.6 Å². The van der Waals surface area contributed by atoms with Crippen molar-refractivity contribution >= 4 is 12.1 Å². The third-order valence-corrected chi connectivity index (χ3v) is 5.89. The van der Waals surface area contributed by atoms with E-state index in [9.17, 15) is 9.59 Å². The Morgan fingerprint density at radius 3 is 2.00 bits per heavy atom. The molecule has 0 aliphatic heterocycles. The molecule has 1 N–H and O–H groups in total. The molecule has 0 saturated carbocycles. The van der Waals surface area contributed by atoms with Gasteiger partial charge in [0.15, 0.2) is 0 Å². The Labute approximate surface area is 201 Å². The van der Waals surface area contributed by atoms with E-state index in [1.807, 2.05) is 75.4 Å². The molecule has 3 aromatic carbocycles. The molecule has 0 fully saturated rings. The van der Waals surface area contributed by atoms with Gasteiger partial charge in [0, 0.05) is 5.92 Å². The van der Waals surface area contributed by atoms with E-state index in [2.05, 4.69) is 29.6 Å². The minimum absolute atomic E-state index is 0.0394. The minimum atomic E-state index is -0.796. The third kappa shape index (κ3) is 5.66. The summed E-state index contributed by atoms with van der Waals surface area (Å²) in [5, 5.41) is 2.75. The number of fused-ring (bicyclic) bond motifs is 3. The second-order valence-electron chi connectivity index (χ2n) is 9.58. The third-order valence-electron chi connectivity index (χ3n) is 5.89. The van der Waals surface area contributed by atoms with Crippen molar-refractivity contribution in [2.45, 2.75) is 51.2 Å². The molecule has 0 spiro atoms. The smallest absolute Gasteiger partial charge is 0.407 e. The number of hydrogen-bond acceptors (Lipinski definition) is 4. The molecule has 4 rings (SSSR count). The van der Waals surface area contributed by atoms with Gasteiger partial charge in [-0.2, -0.15) is 0 Å². The normalized spacial score (nSPS) is 13.5. The number of nitrogens with one attached hydrogen (secondary N) is 1. The summed E-state index contributed by atoms with van der Waals surface area (Å²) in [4.78, 5) is 25.6. The first-order valence-corrected chi connectivity index (χ1v) is 11.7. The largest absolute Gasteiger partial charge is 0.458 e. The van der Waals surface area contributed by atoms with Gasteiger partial charge in [0.1, 0.15) is 18.2 Å². The van der Waals surface area contributed by atoms with Gasteiger partial charge in [-0.1, -0.05) is 78.9 Å². The molecule has 5 heteroatoms. The maximum Gasteiger partial charge on any atom is 0.407 e. The monoisotopic (exact) mass is 457 g/mol. The summed E-state index contributed by atoms with van der Waals surface area (Å²) in [5.74, 6) is -0.501. The molecule has 0 heterocycles. The van der Waals surface area contributed by atoms with Gasteiger partial charge in [-0.3, -0.25) is 0 Å². The summed E-state index contributed by atoms with van der Waals surface area (Å²) in [7, 11) is 0. The minimum Gasteiger partial charge on any atom is -0.458 e. The number of esters is 1. The van der Waals surface area contributed by atoms with Crippen LogP contribution in [-0.2, 0) is 20.7 Å². The fourth-order valence-corrected chi connectivity index (χ4v) is 4.36. The zero-order chi connectivity index (χ0) is 24.1. The van der Waals surface area contributed by atoms with Gasteiger partial charge >= 0.3 is 12.1 Å². The number of aryl methyl sites for hydroxylation is 1. The molecule has 1 amide bonds. The van der Waals surface area contributed by atoms with Crippen molar-refractivity contribution in [1.82, 2.24) is 5.32 Å². The number of carbonyl (C=O) groups excluding carboxylic acids is 2. The summed E-state index contributed by atoms with van der Waals surface area (Å²) < 4.78 is 11.2. The van der Waals surface area contributed by atoms with Crippen molar-refractivity contribution in [1.29, 1.82) is 0 Å². The van der Waals surface area contributed by atoms with Crippen LogP contribution in [0, 0.1) is 0 Å². The Kier molecular flexibility index (Phi) is 7.01. The number of hydrogen-bond donors (Lipinski definition) is 1. The quantitative estimate of drug-likeness (QED) is 0.451. The molecule has 1 aliphatic rings. The van der Waals surface area contributed by atoms with Crippen LogP contribution in [-0.4, -0.2) is 30.3 Å². The van der Waals surface area contributed by atoms with Crippen LogP contribution in [0.15, 0.2) is 78.9 Å². The first-order valence-electron chi connectivity index (χ1n) is 11.7. The average Bonchev–Trinajstić information content (AvgIpc) is 3.13. The van der Waals surface area contributed by atoms with Gasteiger partial charge in [-0.05, 0) is 61.4 Å². The predicted molar refractivity (Wildman–Crippen MR) is 133 cm³/mol. The highest BCUT2D eigenvalue weighted by Gasteiger charge is 2.31. The van der Waals surface area contributed by atoms with Crippen molar-refractivity contribution in [3.63, 3.8) is 0 Å². The molecule has 3 aromatic rings. The molecule has 1 atom stereocenters. The van der Waals surface area contributed by atoms with Crippen molar-refractivity contribution in [2.75, 3.05) is 6.61 Å². The van der Waals surface area contributed by atoms with E-state index in [1.165, 1.54) is 11.1 Å². The van der Waals surface area contributed by atoms with Gasteiger partial charge in [-0.15, -0.1) is 0 Å². The topological polar surface area (TPSA) is 64.6 Å². The Hall–Kier alpha value is -3.60. The molecule has 0 aromatic heterocycles. The van der Waals surface area contributed by atoms with E-state index in [-0.39, 0.29) is 12.5 Å². The Bertz CT molecular complexity index is 1100. The summed E-state index contributed by atoms with van der Waals surface area (Å²) in [6.07, 6.45) is 0.433. The number of carbonyl (C=O) groups is 2. The lowest BCUT2D eigenvalue weighted by atomic mass is 9.98. The SMILES string of the molecule is CC(C)(C)OC(=O)[C@H](CCc1ccccc1)NC(=O)OCC1c2ccccc2-c2ccccc21. The number of benzene rings is 3. The van der Waals surface area contributed by atoms with Crippen LogP contribution < -0.4 is 5.32 Å². The summed E-state index contributed by atoms with van der Waals surface area (Å²) in [6.45, 7) is 5.63. The number of alkyl carbamates (subject to hydrolysis) is 1. The average molecular weight is 458 g/mol. The van der Waals surface area contributed by atoms with E-state index in [0.29, 0.717) is 12.8 Å². The first-order chi connectivity index (χ1) is 16.3. The van der Waals surface area contributed by atoms with Crippen LogP contribution in [0.1, 0.15) is 49.8 Å². The maximum absolute atomic E-state index is 12.8. The fraction of sp³-hybridized carbons (Fsp3) is 0.310.